The second-order valence-corrected chi connectivity index (χ2v) is 3.76. The summed E-state index contributed by atoms with van der Waals surface area (Å²) < 4.78 is 0. The van der Waals surface area contributed by atoms with Gasteiger partial charge in [-0.15, -0.1) is 0 Å². The summed E-state index contributed by atoms with van der Waals surface area (Å²) in [6.07, 6.45) is 0. The molecule has 0 aliphatic carbocycles. The van der Waals surface area contributed by atoms with Crippen molar-refractivity contribution >= 4 is 11.6 Å². The summed E-state index contributed by atoms with van der Waals surface area (Å²) in [7, 11) is 1.99. The Hall–Kier alpha value is -1.22. The van der Waals surface area contributed by atoms with E-state index in [-0.39, 0.29) is 0 Å². The predicted molar refractivity (Wildman–Crippen MR) is 61.8 cm³/mol. The van der Waals surface area contributed by atoms with Crippen LogP contribution in [0.1, 0.15) is 5.56 Å². The highest BCUT2D eigenvalue weighted by molar-refractivity contribution is 6.30. The van der Waals surface area contributed by atoms with Gasteiger partial charge in [0.15, 0.2) is 0 Å². The number of azide groups is 1. The Morgan fingerprint density at radius 3 is 2.67 bits per heavy atom. The fraction of sp³-hybridized carbons (Fsp3) is 0.400. The van der Waals surface area contributed by atoms with Gasteiger partial charge in [0.1, 0.15) is 0 Å². The van der Waals surface area contributed by atoms with Crippen molar-refractivity contribution in [3.8, 4) is 0 Å². The zero-order valence-corrected chi connectivity index (χ0v) is 9.35. The van der Waals surface area contributed by atoms with E-state index in [1.165, 1.54) is 5.56 Å². The molecule has 0 heterocycles. The van der Waals surface area contributed by atoms with Crippen LogP contribution in [0.3, 0.4) is 0 Å². The van der Waals surface area contributed by atoms with Crippen molar-refractivity contribution in [2.24, 2.45) is 5.11 Å². The quantitative estimate of drug-likeness (QED) is 0.431. The van der Waals surface area contributed by atoms with Gasteiger partial charge >= 0.3 is 0 Å². The van der Waals surface area contributed by atoms with Gasteiger partial charge in [-0.05, 0) is 30.3 Å². The van der Waals surface area contributed by atoms with Crippen LogP contribution in [0.15, 0.2) is 29.4 Å². The Kier molecular flexibility index (Phi) is 4.98. The molecule has 80 valence electrons. The van der Waals surface area contributed by atoms with Gasteiger partial charge in [-0.1, -0.05) is 28.8 Å². The molecule has 1 rings (SSSR count). The molecule has 0 aromatic heterocycles. The zero-order valence-electron chi connectivity index (χ0n) is 8.60. The first-order valence-corrected chi connectivity index (χ1v) is 5.04. The molecule has 0 radical (unpaired) electrons. The Balaban J connectivity index is 2.40. The number of halogens is 1. The van der Waals surface area contributed by atoms with Crippen LogP contribution in [0.25, 0.3) is 10.4 Å². The lowest BCUT2D eigenvalue weighted by atomic mass is 10.2. The van der Waals surface area contributed by atoms with Crippen LogP contribution in [0, 0.1) is 0 Å². The molecule has 0 spiro atoms. The van der Waals surface area contributed by atoms with Crippen molar-refractivity contribution in [3.05, 3.63) is 45.3 Å². The van der Waals surface area contributed by atoms with E-state index in [2.05, 4.69) is 14.9 Å². The molecule has 1 aromatic carbocycles. The van der Waals surface area contributed by atoms with Gasteiger partial charge in [-0.3, -0.25) is 0 Å². The second kappa shape index (κ2) is 6.30. The van der Waals surface area contributed by atoms with Crippen LogP contribution in [0.4, 0.5) is 0 Å². The predicted octanol–water partition coefficient (Wildman–Crippen LogP) is 3.08. The molecule has 0 N–H and O–H groups in total. The fourth-order valence-electron chi connectivity index (χ4n) is 1.24. The molecule has 0 saturated heterocycles. The first-order valence-electron chi connectivity index (χ1n) is 4.66. The number of benzene rings is 1. The summed E-state index contributed by atoms with van der Waals surface area (Å²) in [5.41, 5.74) is 9.32. The number of likely N-dealkylation sites (N-methyl/N-ethyl adjacent to an activating group) is 1. The molecule has 4 nitrogen and oxygen atoms in total. The van der Waals surface area contributed by atoms with E-state index in [9.17, 15) is 0 Å². The summed E-state index contributed by atoms with van der Waals surface area (Å²) in [6.45, 7) is 2.09. The maximum absolute atomic E-state index is 8.12. The van der Waals surface area contributed by atoms with E-state index in [4.69, 9.17) is 17.1 Å². The Morgan fingerprint density at radius 1 is 1.40 bits per heavy atom. The number of nitrogens with zero attached hydrogens (tertiary/aromatic N) is 4. The zero-order chi connectivity index (χ0) is 11.1. The summed E-state index contributed by atoms with van der Waals surface area (Å²) in [5.74, 6) is 0. The largest absolute Gasteiger partial charge is 0.302 e. The summed E-state index contributed by atoms with van der Waals surface area (Å²) in [6, 6.07) is 7.73. The monoisotopic (exact) mass is 224 g/mol. The van der Waals surface area contributed by atoms with Crippen molar-refractivity contribution < 1.29 is 0 Å². The number of hydrogen-bond donors (Lipinski definition) is 0. The van der Waals surface area contributed by atoms with Crippen molar-refractivity contribution in [2.45, 2.75) is 6.54 Å². The smallest absolute Gasteiger partial charge is 0.0406 e. The highest BCUT2D eigenvalue weighted by atomic mass is 35.5. The fourth-order valence-corrected chi connectivity index (χ4v) is 1.37. The molecule has 1 aromatic rings. The van der Waals surface area contributed by atoms with Crippen LogP contribution >= 0.6 is 11.6 Å². The SMILES string of the molecule is CN(CCN=[N+]=[N-])Cc1ccc(Cl)cc1. The first kappa shape index (κ1) is 11.9. The third-order valence-corrected chi connectivity index (χ3v) is 2.26. The van der Waals surface area contributed by atoms with Gasteiger partial charge in [0.25, 0.3) is 0 Å². The molecule has 0 atom stereocenters. The Morgan fingerprint density at radius 2 is 2.07 bits per heavy atom. The van der Waals surface area contributed by atoms with Gasteiger partial charge in [-0.25, -0.2) is 0 Å². The van der Waals surface area contributed by atoms with Crippen molar-refractivity contribution in [3.63, 3.8) is 0 Å². The second-order valence-electron chi connectivity index (χ2n) is 3.32. The van der Waals surface area contributed by atoms with Gasteiger partial charge in [0.2, 0.25) is 0 Å². The van der Waals surface area contributed by atoms with E-state index >= 15 is 0 Å². The summed E-state index contributed by atoms with van der Waals surface area (Å²) in [5, 5.41) is 4.23. The standard InChI is InChI=1S/C10H13ClN4/c1-15(7-6-13-14-12)8-9-2-4-10(11)5-3-9/h2-5H,6-8H2,1H3. The molecular weight excluding hydrogens is 212 g/mol. The van der Waals surface area contributed by atoms with Gasteiger partial charge in [0, 0.05) is 29.6 Å². The number of rotatable bonds is 5. The first-order chi connectivity index (χ1) is 7.22. The molecule has 0 bridgehead atoms. The molecule has 0 aliphatic rings. The van der Waals surface area contributed by atoms with Gasteiger partial charge in [-0.2, -0.15) is 0 Å². The molecule has 5 heteroatoms. The normalized spacial score (nSPS) is 10.1. The Bertz CT molecular complexity index is 343. The lowest BCUT2D eigenvalue weighted by Crippen LogP contribution is -2.20. The van der Waals surface area contributed by atoms with Crippen LogP contribution in [-0.4, -0.2) is 25.0 Å². The van der Waals surface area contributed by atoms with E-state index in [1.807, 2.05) is 31.3 Å². The topological polar surface area (TPSA) is 52.0 Å². The maximum Gasteiger partial charge on any atom is 0.0406 e. The van der Waals surface area contributed by atoms with Crippen molar-refractivity contribution in [1.29, 1.82) is 0 Å². The summed E-state index contributed by atoms with van der Waals surface area (Å²) in [4.78, 5) is 4.80. The highest BCUT2D eigenvalue weighted by Crippen LogP contribution is 2.10. The van der Waals surface area contributed by atoms with Crippen LogP contribution in [0.2, 0.25) is 5.02 Å². The average Bonchev–Trinajstić information content (AvgIpc) is 2.22. The minimum Gasteiger partial charge on any atom is -0.302 e. The highest BCUT2D eigenvalue weighted by Gasteiger charge is 1.99. The van der Waals surface area contributed by atoms with Crippen LogP contribution in [-0.2, 0) is 6.54 Å². The number of hydrogen-bond acceptors (Lipinski definition) is 2. The molecule has 0 fully saturated rings. The lowest BCUT2D eigenvalue weighted by molar-refractivity contribution is 0.336. The molecule has 0 amide bonds. The average molecular weight is 225 g/mol. The molecule has 0 aliphatic heterocycles. The lowest BCUT2D eigenvalue weighted by Gasteiger charge is -2.14. The van der Waals surface area contributed by atoms with Crippen molar-refractivity contribution in [1.82, 2.24) is 4.90 Å². The third-order valence-electron chi connectivity index (χ3n) is 2.01. The van der Waals surface area contributed by atoms with E-state index in [0.717, 1.165) is 18.1 Å². The third kappa shape index (κ3) is 4.70. The molecule has 15 heavy (non-hydrogen) atoms. The molecule has 0 unspecified atom stereocenters. The Labute approximate surface area is 94.1 Å². The van der Waals surface area contributed by atoms with E-state index in [0.29, 0.717) is 6.54 Å². The van der Waals surface area contributed by atoms with Crippen LogP contribution < -0.4 is 0 Å². The summed E-state index contributed by atoms with van der Waals surface area (Å²) >= 11 is 5.78. The minimum atomic E-state index is 0.501. The van der Waals surface area contributed by atoms with E-state index in [1.54, 1.807) is 0 Å². The van der Waals surface area contributed by atoms with Gasteiger partial charge < -0.3 is 4.90 Å². The maximum atomic E-state index is 8.12. The molecular formula is C10H13ClN4. The van der Waals surface area contributed by atoms with Gasteiger partial charge in [0.05, 0.1) is 0 Å². The van der Waals surface area contributed by atoms with Crippen molar-refractivity contribution in [2.75, 3.05) is 20.1 Å². The van der Waals surface area contributed by atoms with Crippen LogP contribution in [0.5, 0.6) is 0 Å². The minimum absolute atomic E-state index is 0.501. The molecule has 0 saturated carbocycles. The van der Waals surface area contributed by atoms with E-state index < -0.39 is 0 Å².